The molecule has 8 heteroatoms. The predicted molar refractivity (Wildman–Crippen MR) is 72.6 cm³/mol. The average Bonchev–Trinajstić information content (AvgIpc) is 2.40. The highest BCUT2D eigenvalue weighted by molar-refractivity contribution is 7.89. The van der Waals surface area contributed by atoms with Crippen LogP contribution >= 0.6 is 23.2 Å². The molecule has 0 radical (unpaired) electrons. The molecule has 1 aromatic rings. The molecule has 0 unspecified atom stereocenters. The molecule has 1 saturated heterocycles. The van der Waals surface area contributed by atoms with Gasteiger partial charge >= 0.3 is 0 Å². The first kappa shape index (κ1) is 14.9. The van der Waals surface area contributed by atoms with E-state index in [-0.39, 0.29) is 20.7 Å². The molecule has 2 rings (SSSR count). The lowest BCUT2D eigenvalue weighted by atomic mass is 10.3. The van der Waals surface area contributed by atoms with E-state index in [1.165, 1.54) is 23.5 Å². The molecule has 0 saturated carbocycles. The number of ether oxygens (including phenoxy) is 2. The summed E-state index contributed by atoms with van der Waals surface area (Å²) >= 11 is 12.0. The molecule has 19 heavy (non-hydrogen) atoms. The van der Waals surface area contributed by atoms with Crippen LogP contribution < -0.4 is 4.74 Å². The molecule has 0 bridgehead atoms. The van der Waals surface area contributed by atoms with Crippen LogP contribution in [0.15, 0.2) is 17.0 Å². The van der Waals surface area contributed by atoms with E-state index in [1.54, 1.807) is 0 Å². The van der Waals surface area contributed by atoms with E-state index in [0.29, 0.717) is 26.3 Å². The molecule has 0 N–H and O–H groups in total. The van der Waals surface area contributed by atoms with Gasteiger partial charge in [0.2, 0.25) is 10.0 Å². The van der Waals surface area contributed by atoms with Gasteiger partial charge < -0.3 is 9.47 Å². The van der Waals surface area contributed by atoms with Crippen molar-refractivity contribution in [2.24, 2.45) is 0 Å². The molecule has 0 amide bonds. The lowest BCUT2D eigenvalue weighted by molar-refractivity contribution is 0.0730. The number of benzene rings is 1. The zero-order chi connectivity index (χ0) is 14.0. The van der Waals surface area contributed by atoms with Gasteiger partial charge in [-0.2, -0.15) is 4.31 Å². The van der Waals surface area contributed by atoms with Crippen molar-refractivity contribution in [2.45, 2.75) is 4.90 Å². The van der Waals surface area contributed by atoms with Crippen LogP contribution in [-0.2, 0) is 14.8 Å². The fourth-order valence-electron chi connectivity index (χ4n) is 1.83. The van der Waals surface area contributed by atoms with E-state index in [4.69, 9.17) is 32.7 Å². The summed E-state index contributed by atoms with van der Waals surface area (Å²) in [7, 11) is -2.27. The van der Waals surface area contributed by atoms with Gasteiger partial charge in [0.25, 0.3) is 0 Å². The molecule has 1 fully saturated rings. The molecule has 0 spiro atoms. The Morgan fingerprint density at radius 2 is 1.89 bits per heavy atom. The van der Waals surface area contributed by atoms with Gasteiger partial charge in [-0.15, -0.1) is 0 Å². The van der Waals surface area contributed by atoms with Crippen molar-refractivity contribution < 1.29 is 17.9 Å². The Labute approximate surface area is 122 Å². The van der Waals surface area contributed by atoms with Crippen molar-refractivity contribution in [1.29, 1.82) is 0 Å². The summed E-state index contributed by atoms with van der Waals surface area (Å²) in [6, 6.07) is 2.84. The smallest absolute Gasteiger partial charge is 0.244 e. The fraction of sp³-hybridized carbons (Fsp3) is 0.455. The number of sulfonamides is 1. The second-order valence-corrected chi connectivity index (χ2v) is 6.60. The Morgan fingerprint density at radius 1 is 1.26 bits per heavy atom. The van der Waals surface area contributed by atoms with Crippen LogP contribution in [0.3, 0.4) is 0 Å². The van der Waals surface area contributed by atoms with Crippen molar-refractivity contribution in [3.8, 4) is 5.75 Å². The van der Waals surface area contributed by atoms with Gasteiger partial charge in [0.1, 0.15) is 9.92 Å². The van der Waals surface area contributed by atoms with Crippen LogP contribution in [0.25, 0.3) is 0 Å². The molecule has 0 aliphatic carbocycles. The quantitative estimate of drug-likeness (QED) is 0.853. The molecule has 1 heterocycles. The van der Waals surface area contributed by atoms with Crippen LogP contribution in [0.2, 0.25) is 10.0 Å². The first-order chi connectivity index (χ1) is 8.98. The minimum Gasteiger partial charge on any atom is -0.494 e. The molecular weight excluding hydrogens is 313 g/mol. The van der Waals surface area contributed by atoms with E-state index in [9.17, 15) is 8.42 Å². The molecule has 1 aliphatic heterocycles. The number of nitrogens with zero attached hydrogens (tertiary/aromatic N) is 1. The van der Waals surface area contributed by atoms with Gasteiger partial charge in [-0.1, -0.05) is 23.2 Å². The van der Waals surface area contributed by atoms with Crippen LogP contribution in [-0.4, -0.2) is 46.1 Å². The first-order valence-corrected chi connectivity index (χ1v) is 7.78. The Bertz CT molecular complexity index is 570. The highest BCUT2D eigenvalue weighted by Crippen LogP contribution is 2.38. The molecule has 1 aromatic carbocycles. The molecule has 0 aromatic heterocycles. The van der Waals surface area contributed by atoms with E-state index < -0.39 is 10.0 Å². The van der Waals surface area contributed by atoms with Gasteiger partial charge in [0.15, 0.2) is 5.75 Å². The highest BCUT2D eigenvalue weighted by atomic mass is 35.5. The Hall–Kier alpha value is -0.530. The van der Waals surface area contributed by atoms with Gasteiger partial charge in [0.05, 0.1) is 25.3 Å². The SMILES string of the molecule is COc1c(Cl)ccc(S(=O)(=O)N2CCOCC2)c1Cl. The van der Waals surface area contributed by atoms with Crippen LogP contribution in [0.5, 0.6) is 5.75 Å². The molecule has 106 valence electrons. The summed E-state index contributed by atoms with van der Waals surface area (Å²) < 4.78 is 36.5. The maximum atomic E-state index is 12.5. The van der Waals surface area contributed by atoms with E-state index in [2.05, 4.69) is 0 Å². The predicted octanol–water partition coefficient (Wildman–Crippen LogP) is 2.02. The largest absolute Gasteiger partial charge is 0.494 e. The summed E-state index contributed by atoms with van der Waals surface area (Å²) in [4.78, 5) is -0.00248. The third-order valence-corrected chi connectivity index (χ3v) is 5.53. The minimum absolute atomic E-state index is 0.00138. The van der Waals surface area contributed by atoms with Gasteiger partial charge in [-0.3, -0.25) is 0 Å². The first-order valence-electron chi connectivity index (χ1n) is 5.58. The average molecular weight is 326 g/mol. The van der Waals surface area contributed by atoms with Crippen LogP contribution in [0, 0.1) is 0 Å². The molecule has 0 atom stereocenters. The lowest BCUT2D eigenvalue weighted by Crippen LogP contribution is -2.40. The van der Waals surface area contributed by atoms with E-state index in [0.717, 1.165) is 0 Å². The summed E-state index contributed by atoms with van der Waals surface area (Å²) in [5, 5.41) is 0.273. The standard InChI is InChI=1S/C11H13Cl2NO4S/c1-17-11-8(12)2-3-9(10(11)13)19(15,16)14-4-6-18-7-5-14/h2-3H,4-7H2,1H3. The van der Waals surface area contributed by atoms with Gasteiger partial charge in [-0.05, 0) is 12.1 Å². The highest BCUT2D eigenvalue weighted by Gasteiger charge is 2.30. The van der Waals surface area contributed by atoms with Crippen molar-refractivity contribution in [3.63, 3.8) is 0 Å². The molecule has 1 aliphatic rings. The summed E-state index contributed by atoms with van der Waals surface area (Å²) in [5.74, 6) is 0.165. The molecular formula is C11H13Cl2NO4S. The van der Waals surface area contributed by atoms with Crippen molar-refractivity contribution in [1.82, 2.24) is 4.31 Å². The Kier molecular flexibility index (Phi) is 4.58. The Balaban J connectivity index is 2.46. The van der Waals surface area contributed by atoms with Crippen molar-refractivity contribution >= 4 is 33.2 Å². The summed E-state index contributed by atoms with van der Waals surface area (Å²) in [6.45, 7) is 1.37. The summed E-state index contributed by atoms with van der Waals surface area (Å²) in [5.41, 5.74) is 0. The van der Waals surface area contributed by atoms with Gasteiger partial charge in [0, 0.05) is 13.1 Å². The zero-order valence-corrected chi connectivity index (χ0v) is 12.6. The second-order valence-electron chi connectivity index (χ2n) is 3.91. The number of methoxy groups -OCH3 is 1. The van der Waals surface area contributed by atoms with E-state index >= 15 is 0 Å². The maximum Gasteiger partial charge on any atom is 0.244 e. The van der Waals surface area contributed by atoms with Crippen molar-refractivity contribution in [3.05, 3.63) is 22.2 Å². The van der Waals surface area contributed by atoms with Crippen LogP contribution in [0.4, 0.5) is 0 Å². The number of morpholine rings is 1. The maximum absolute atomic E-state index is 12.5. The topological polar surface area (TPSA) is 55.8 Å². The third-order valence-electron chi connectivity index (χ3n) is 2.81. The molecule has 5 nitrogen and oxygen atoms in total. The number of halogens is 2. The lowest BCUT2D eigenvalue weighted by Gasteiger charge is -2.26. The Morgan fingerprint density at radius 3 is 2.47 bits per heavy atom. The third kappa shape index (κ3) is 2.83. The second kappa shape index (κ2) is 5.85. The van der Waals surface area contributed by atoms with Gasteiger partial charge in [-0.25, -0.2) is 8.42 Å². The number of hydrogen-bond acceptors (Lipinski definition) is 4. The normalized spacial score (nSPS) is 17.4. The number of rotatable bonds is 3. The van der Waals surface area contributed by atoms with E-state index in [1.807, 2.05) is 0 Å². The fourth-order valence-corrected chi connectivity index (χ4v) is 4.11. The monoisotopic (exact) mass is 325 g/mol. The zero-order valence-electron chi connectivity index (χ0n) is 10.2. The minimum atomic E-state index is -3.66. The summed E-state index contributed by atoms with van der Waals surface area (Å²) in [6.07, 6.45) is 0. The van der Waals surface area contributed by atoms with Crippen molar-refractivity contribution in [2.75, 3.05) is 33.4 Å². The number of hydrogen-bond donors (Lipinski definition) is 0. The van der Waals surface area contributed by atoms with Crippen LogP contribution in [0.1, 0.15) is 0 Å².